The lowest BCUT2D eigenvalue weighted by atomic mass is 10.2. The summed E-state index contributed by atoms with van der Waals surface area (Å²) in [6, 6.07) is 0.103. The van der Waals surface area contributed by atoms with Crippen molar-refractivity contribution in [3.05, 3.63) is 11.7 Å². The fourth-order valence-electron chi connectivity index (χ4n) is 3.00. The van der Waals surface area contributed by atoms with Crippen molar-refractivity contribution in [2.75, 3.05) is 40.5 Å². The van der Waals surface area contributed by atoms with Crippen molar-refractivity contribution >= 4 is 5.91 Å². The van der Waals surface area contributed by atoms with E-state index in [1.165, 1.54) is 0 Å². The number of likely N-dealkylation sites (tertiary alicyclic amines) is 1. The first kappa shape index (κ1) is 15.4. The predicted molar refractivity (Wildman–Crippen MR) is 76.1 cm³/mol. The first-order valence-electron chi connectivity index (χ1n) is 7.57. The van der Waals surface area contributed by atoms with Crippen LogP contribution in [0.15, 0.2) is 4.52 Å². The van der Waals surface area contributed by atoms with E-state index in [0.29, 0.717) is 44.3 Å². The van der Waals surface area contributed by atoms with Gasteiger partial charge in [0, 0.05) is 33.7 Å². The maximum absolute atomic E-state index is 11.9. The van der Waals surface area contributed by atoms with Crippen LogP contribution >= 0.6 is 0 Å². The molecule has 2 atom stereocenters. The van der Waals surface area contributed by atoms with Crippen LogP contribution < -0.4 is 0 Å². The zero-order valence-electron chi connectivity index (χ0n) is 13.0. The van der Waals surface area contributed by atoms with Gasteiger partial charge in [-0.1, -0.05) is 5.16 Å². The van der Waals surface area contributed by atoms with E-state index in [0.717, 1.165) is 13.1 Å². The Balaban J connectivity index is 1.58. The minimum Gasteiger partial charge on any atom is -0.384 e. The number of hydrogen-bond donors (Lipinski definition) is 0. The van der Waals surface area contributed by atoms with E-state index >= 15 is 0 Å². The number of ether oxygens (including phenoxy) is 2. The Bertz CT molecular complexity index is 521. The Morgan fingerprint density at radius 1 is 1.41 bits per heavy atom. The molecule has 0 N–H and O–H groups in total. The van der Waals surface area contributed by atoms with Crippen molar-refractivity contribution in [1.29, 1.82) is 0 Å². The summed E-state index contributed by atoms with van der Waals surface area (Å²) in [6.07, 6.45) is 1.18. The average Bonchev–Trinajstić information content (AvgIpc) is 3.09. The molecule has 122 valence electrons. The maximum Gasteiger partial charge on any atom is 0.240 e. The number of carbonyl (C=O) groups is 1. The summed E-state index contributed by atoms with van der Waals surface area (Å²) in [4.78, 5) is 20.3. The van der Waals surface area contributed by atoms with Crippen molar-refractivity contribution in [3.63, 3.8) is 0 Å². The maximum atomic E-state index is 11.9. The molecule has 0 aromatic carbocycles. The second-order valence-electron chi connectivity index (χ2n) is 5.77. The van der Waals surface area contributed by atoms with Gasteiger partial charge < -0.3 is 18.9 Å². The molecule has 3 heterocycles. The van der Waals surface area contributed by atoms with Crippen LogP contribution in [-0.4, -0.2) is 78.5 Å². The number of fused-ring (bicyclic) bond motifs is 1. The number of carbonyl (C=O) groups excluding carboxylic acids is 1. The Labute approximate surface area is 129 Å². The van der Waals surface area contributed by atoms with Crippen molar-refractivity contribution in [3.8, 4) is 0 Å². The standard InChI is InChI=1S/C14H22N4O4/c1-17-10-7-18(8-11(10)21-6-4-14(17)19)9-13-15-12(16-22-13)3-5-20-2/h10-11H,3-9H2,1-2H3/t10-,11-/m0/s1. The fourth-order valence-corrected chi connectivity index (χ4v) is 3.00. The highest BCUT2D eigenvalue weighted by Gasteiger charge is 2.40. The quantitative estimate of drug-likeness (QED) is 0.738. The molecule has 8 nitrogen and oxygen atoms in total. The summed E-state index contributed by atoms with van der Waals surface area (Å²) in [5, 5.41) is 3.94. The van der Waals surface area contributed by atoms with Crippen molar-refractivity contribution < 1.29 is 18.8 Å². The van der Waals surface area contributed by atoms with Crippen LogP contribution in [0.4, 0.5) is 0 Å². The molecule has 0 aliphatic carbocycles. The highest BCUT2D eigenvalue weighted by Crippen LogP contribution is 2.23. The monoisotopic (exact) mass is 310 g/mol. The summed E-state index contributed by atoms with van der Waals surface area (Å²) in [6.45, 7) is 3.20. The Kier molecular flexibility index (Phi) is 4.70. The number of rotatable bonds is 5. The lowest BCUT2D eigenvalue weighted by Crippen LogP contribution is -2.42. The van der Waals surface area contributed by atoms with Gasteiger partial charge in [0.25, 0.3) is 0 Å². The summed E-state index contributed by atoms with van der Waals surface area (Å²) in [5.41, 5.74) is 0. The Morgan fingerprint density at radius 2 is 2.27 bits per heavy atom. The van der Waals surface area contributed by atoms with Gasteiger partial charge >= 0.3 is 0 Å². The van der Waals surface area contributed by atoms with Gasteiger partial charge in [-0.2, -0.15) is 4.98 Å². The lowest BCUT2D eigenvalue weighted by molar-refractivity contribution is -0.131. The average molecular weight is 310 g/mol. The third kappa shape index (κ3) is 3.29. The van der Waals surface area contributed by atoms with Crippen LogP contribution in [0.5, 0.6) is 0 Å². The fraction of sp³-hybridized carbons (Fsp3) is 0.786. The van der Waals surface area contributed by atoms with Crippen molar-refractivity contribution in [1.82, 2.24) is 19.9 Å². The van der Waals surface area contributed by atoms with Crippen LogP contribution in [0, 0.1) is 0 Å². The van der Waals surface area contributed by atoms with Crippen molar-refractivity contribution in [2.24, 2.45) is 0 Å². The number of hydrogen-bond acceptors (Lipinski definition) is 7. The summed E-state index contributed by atoms with van der Waals surface area (Å²) in [5.74, 6) is 1.40. The molecule has 0 radical (unpaired) electrons. The van der Waals surface area contributed by atoms with Gasteiger partial charge in [0.05, 0.1) is 38.3 Å². The molecule has 1 aromatic rings. The lowest BCUT2D eigenvalue weighted by Gasteiger charge is -2.25. The van der Waals surface area contributed by atoms with Gasteiger partial charge in [-0.05, 0) is 0 Å². The number of nitrogens with zero attached hydrogens (tertiary/aromatic N) is 4. The predicted octanol–water partition coefficient (Wildman–Crippen LogP) is -0.310. The van der Waals surface area contributed by atoms with Crippen LogP contribution in [0.25, 0.3) is 0 Å². The van der Waals surface area contributed by atoms with Gasteiger partial charge in [0.2, 0.25) is 11.8 Å². The molecule has 2 aliphatic rings. The number of amides is 1. The Morgan fingerprint density at radius 3 is 3.09 bits per heavy atom. The highest BCUT2D eigenvalue weighted by molar-refractivity contribution is 5.76. The largest absolute Gasteiger partial charge is 0.384 e. The SMILES string of the molecule is COCCc1noc(CN2C[C@@H]3OCCC(=O)N(C)[C@H]3C2)n1. The van der Waals surface area contributed by atoms with Crippen LogP contribution in [-0.2, 0) is 27.2 Å². The first-order valence-corrected chi connectivity index (χ1v) is 7.57. The highest BCUT2D eigenvalue weighted by atomic mass is 16.5. The third-order valence-electron chi connectivity index (χ3n) is 4.25. The van der Waals surface area contributed by atoms with E-state index in [2.05, 4.69) is 15.0 Å². The molecule has 1 amide bonds. The molecule has 0 spiro atoms. The minimum absolute atomic E-state index is 0.0623. The van der Waals surface area contributed by atoms with E-state index < -0.39 is 0 Å². The van der Waals surface area contributed by atoms with Crippen LogP contribution in [0.1, 0.15) is 18.1 Å². The zero-order chi connectivity index (χ0) is 15.5. The number of aromatic nitrogens is 2. The molecule has 0 unspecified atom stereocenters. The normalized spacial score (nSPS) is 26.3. The number of methoxy groups -OCH3 is 1. The molecule has 2 saturated heterocycles. The van der Waals surface area contributed by atoms with E-state index in [-0.39, 0.29) is 18.1 Å². The molecule has 2 aliphatic heterocycles. The molecule has 22 heavy (non-hydrogen) atoms. The molecule has 1 aromatic heterocycles. The van der Waals surface area contributed by atoms with Gasteiger partial charge in [-0.25, -0.2) is 0 Å². The summed E-state index contributed by atoms with van der Waals surface area (Å²) >= 11 is 0. The van der Waals surface area contributed by atoms with E-state index in [9.17, 15) is 4.79 Å². The molecule has 0 saturated carbocycles. The van der Waals surface area contributed by atoms with Crippen LogP contribution in [0.2, 0.25) is 0 Å². The zero-order valence-corrected chi connectivity index (χ0v) is 13.0. The first-order chi connectivity index (χ1) is 10.7. The second-order valence-corrected chi connectivity index (χ2v) is 5.77. The van der Waals surface area contributed by atoms with E-state index in [4.69, 9.17) is 14.0 Å². The van der Waals surface area contributed by atoms with Crippen molar-refractivity contribution in [2.45, 2.75) is 31.5 Å². The molecule has 2 fully saturated rings. The topological polar surface area (TPSA) is 80.9 Å². The van der Waals surface area contributed by atoms with Gasteiger partial charge in [-0.3, -0.25) is 9.69 Å². The van der Waals surface area contributed by atoms with E-state index in [1.807, 2.05) is 11.9 Å². The molecular weight excluding hydrogens is 288 g/mol. The third-order valence-corrected chi connectivity index (χ3v) is 4.25. The molecule has 3 rings (SSSR count). The summed E-state index contributed by atoms with van der Waals surface area (Å²) in [7, 11) is 3.50. The Hall–Kier alpha value is -1.51. The van der Waals surface area contributed by atoms with Gasteiger partial charge in [0.15, 0.2) is 5.82 Å². The van der Waals surface area contributed by atoms with Gasteiger partial charge in [0.1, 0.15) is 0 Å². The van der Waals surface area contributed by atoms with Crippen LogP contribution in [0.3, 0.4) is 0 Å². The molecule has 0 bridgehead atoms. The van der Waals surface area contributed by atoms with E-state index in [1.54, 1.807) is 7.11 Å². The van der Waals surface area contributed by atoms with Gasteiger partial charge in [-0.15, -0.1) is 0 Å². The second kappa shape index (κ2) is 6.72. The summed E-state index contributed by atoms with van der Waals surface area (Å²) < 4.78 is 16.1. The smallest absolute Gasteiger partial charge is 0.240 e. The minimum atomic E-state index is 0.0623. The molecular formula is C14H22N4O4. The number of likely N-dealkylation sites (N-methyl/N-ethyl adjacent to an activating group) is 1. The molecule has 8 heteroatoms.